The highest BCUT2D eigenvalue weighted by atomic mass is 35.5. The zero-order valence-electron chi connectivity index (χ0n) is 11.2. The van der Waals surface area contributed by atoms with Crippen molar-refractivity contribution in [2.24, 2.45) is 0 Å². The van der Waals surface area contributed by atoms with Crippen LogP contribution in [0.1, 0.15) is 5.56 Å². The second kappa shape index (κ2) is 6.48. The fraction of sp³-hybridized carbons (Fsp3) is 0.200. The monoisotopic (exact) mass is 295 g/mol. The Bertz CT molecular complexity index is 604. The first kappa shape index (κ1) is 14.5. The molecule has 0 unspecified atom stereocenters. The van der Waals surface area contributed by atoms with Gasteiger partial charge in [-0.05, 0) is 35.9 Å². The van der Waals surface area contributed by atoms with Gasteiger partial charge in [0.25, 0.3) is 0 Å². The van der Waals surface area contributed by atoms with Crippen molar-refractivity contribution in [1.82, 2.24) is 0 Å². The molecule has 106 valence electrons. The molecule has 5 heteroatoms. The van der Waals surface area contributed by atoms with Gasteiger partial charge in [-0.3, -0.25) is 0 Å². The minimum absolute atomic E-state index is 0.0994. The number of rotatable bonds is 5. The highest BCUT2D eigenvalue weighted by Crippen LogP contribution is 2.28. The van der Waals surface area contributed by atoms with Gasteiger partial charge in [0.2, 0.25) is 0 Å². The summed E-state index contributed by atoms with van der Waals surface area (Å²) >= 11 is 5.73. The SMILES string of the molecule is COc1ccc(CNc2ccc(F)c(Cl)c2)cc1OC. The lowest BCUT2D eigenvalue weighted by molar-refractivity contribution is 0.354. The van der Waals surface area contributed by atoms with Gasteiger partial charge in [0, 0.05) is 12.2 Å². The van der Waals surface area contributed by atoms with Gasteiger partial charge < -0.3 is 14.8 Å². The molecule has 0 bridgehead atoms. The van der Waals surface area contributed by atoms with Gasteiger partial charge in [-0.15, -0.1) is 0 Å². The molecule has 0 amide bonds. The average Bonchev–Trinajstić information content (AvgIpc) is 2.48. The summed E-state index contributed by atoms with van der Waals surface area (Å²) in [5, 5.41) is 3.27. The maximum Gasteiger partial charge on any atom is 0.161 e. The van der Waals surface area contributed by atoms with E-state index in [4.69, 9.17) is 21.1 Å². The predicted octanol–water partition coefficient (Wildman–Crippen LogP) is 4.11. The lowest BCUT2D eigenvalue weighted by Gasteiger charge is -2.11. The van der Waals surface area contributed by atoms with E-state index in [1.807, 2.05) is 18.2 Å². The Balaban J connectivity index is 2.08. The molecule has 0 saturated carbocycles. The van der Waals surface area contributed by atoms with Crippen LogP contribution in [0.15, 0.2) is 36.4 Å². The first-order valence-corrected chi connectivity index (χ1v) is 6.41. The summed E-state index contributed by atoms with van der Waals surface area (Å²) in [4.78, 5) is 0. The number of ether oxygens (including phenoxy) is 2. The van der Waals surface area contributed by atoms with Gasteiger partial charge in [0.1, 0.15) is 5.82 Å². The summed E-state index contributed by atoms with van der Waals surface area (Å²) in [7, 11) is 3.19. The van der Waals surface area contributed by atoms with E-state index in [1.165, 1.54) is 6.07 Å². The molecule has 0 aliphatic heterocycles. The van der Waals surface area contributed by atoms with E-state index < -0.39 is 5.82 Å². The Morgan fingerprint density at radius 3 is 2.45 bits per heavy atom. The maximum atomic E-state index is 13.1. The van der Waals surface area contributed by atoms with Crippen LogP contribution in [0.2, 0.25) is 5.02 Å². The third-order valence-corrected chi connectivity index (χ3v) is 3.15. The molecule has 0 radical (unpaired) electrons. The second-order valence-corrected chi connectivity index (χ2v) is 4.58. The van der Waals surface area contributed by atoms with Gasteiger partial charge in [-0.2, -0.15) is 0 Å². The fourth-order valence-electron chi connectivity index (χ4n) is 1.80. The molecule has 20 heavy (non-hydrogen) atoms. The topological polar surface area (TPSA) is 30.5 Å². The van der Waals surface area contributed by atoms with Gasteiger partial charge in [-0.25, -0.2) is 4.39 Å². The van der Waals surface area contributed by atoms with Crippen LogP contribution in [0.4, 0.5) is 10.1 Å². The zero-order valence-corrected chi connectivity index (χ0v) is 12.0. The summed E-state index contributed by atoms with van der Waals surface area (Å²) in [6.07, 6.45) is 0. The Kier molecular flexibility index (Phi) is 4.69. The Hall–Kier alpha value is -1.94. The molecule has 0 saturated heterocycles. The number of nitrogens with one attached hydrogen (secondary N) is 1. The lowest BCUT2D eigenvalue weighted by Crippen LogP contribution is -2.00. The first-order chi connectivity index (χ1) is 9.63. The summed E-state index contributed by atoms with van der Waals surface area (Å²) in [5.41, 5.74) is 1.77. The van der Waals surface area contributed by atoms with Crippen LogP contribution in [0.25, 0.3) is 0 Å². The van der Waals surface area contributed by atoms with Gasteiger partial charge in [-0.1, -0.05) is 17.7 Å². The summed E-state index contributed by atoms with van der Waals surface area (Å²) in [6, 6.07) is 10.2. The Morgan fingerprint density at radius 1 is 1.05 bits per heavy atom. The van der Waals surface area contributed by atoms with Crippen LogP contribution in [0.5, 0.6) is 11.5 Å². The maximum absolute atomic E-state index is 13.1. The molecular weight excluding hydrogens is 281 g/mol. The molecule has 0 fully saturated rings. The number of methoxy groups -OCH3 is 2. The molecule has 3 nitrogen and oxygen atoms in total. The minimum Gasteiger partial charge on any atom is -0.493 e. The highest BCUT2D eigenvalue weighted by molar-refractivity contribution is 6.31. The van der Waals surface area contributed by atoms with E-state index in [1.54, 1.807) is 26.4 Å². The van der Waals surface area contributed by atoms with E-state index >= 15 is 0 Å². The lowest BCUT2D eigenvalue weighted by atomic mass is 10.2. The van der Waals surface area contributed by atoms with E-state index in [2.05, 4.69) is 5.32 Å². The first-order valence-electron chi connectivity index (χ1n) is 6.04. The minimum atomic E-state index is -0.427. The van der Waals surface area contributed by atoms with Crippen molar-refractivity contribution in [3.8, 4) is 11.5 Å². The predicted molar refractivity (Wildman–Crippen MR) is 78.3 cm³/mol. The second-order valence-electron chi connectivity index (χ2n) is 4.17. The third kappa shape index (κ3) is 3.33. The molecule has 2 aromatic rings. The van der Waals surface area contributed by atoms with Crippen molar-refractivity contribution >= 4 is 17.3 Å². The molecule has 0 spiro atoms. The molecule has 0 aliphatic rings. The zero-order chi connectivity index (χ0) is 14.5. The molecule has 2 rings (SSSR count). The van der Waals surface area contributed by atoms with E-state index in [-0.39, 0.29) is 5.02 Å². The van der Waals surface area contributed by atoms with Crippen molar-refractivity contribution in [1.29, 1.82) is 0 Å². The van der Waals surface area contributed by atoms with Crippen molar-refractivity contribution in [2.75, 3.05) is 19.5 Å². The largest absolute Gasteiger partial charge is 0.493 e. The van der Waals surface area contributed by atoms with Gasteiger partial charge in [0.05, 0.1) is 19.2 Å². The van der Waals surface area contributed by atoms with Crippen LogP contribution in [-0.2, 0) is 6.54 Å². The van der Waals surface area contributed by atoms with Crippen molar-refractivity contribution in [3.05, 3.63) is 52.8 Å². The number of anilines is 1. The molecule has 2 aromatic carbocycles. The van der Waals surface area contributed by atoms with Crippen LogP contribution in [0, 0.1) is 5.82 Å². The summed E-state index contributed by atoms with van der Waals surface area (Å²) in [5.74, 6) is 0.924. The number of hydrogen-bond donors (Lipinski definition) is 1. The number of hydrogen-bond acceptors (Lipinski definition) is 3. The molecule has 0 atom stereocenters. The summed E-state index contributed by atoms with van der Waals surface area (Å²) < 4.78 is 23.5. The van der Waals surface area contributed by atoms with Crippen LogP contribution >= 0.6 is 11.6 Å². The number of benzene rings is 2. The Labute approximate surface area is 122 Å². The average molecular weight is 296 g/mol. The quantitative estimate of drug-likeness (QED) is 0.900. The summed E-state index contributed by atoms with van der Waals surface area (Å²) in [6.45, 7) is 0.572. The van der Waals surface area contributed by atoms with Crippen molar-refractivity contribution < 1.29 is 13.9 Å². The molecule has 0 aromatic heterocycles. The smallest absolute Gasteiger partial charge is 0.161 e. The van der Waals surface area contributed by atoms with E-state index in [9.17, 15) is 4.39 Å². The Morgan fingerprint density at radius 2 is 1.80 bits per heavy atom. The normalized spacial score (nSPS) is 10.2. The van der Waals surface area contributed by atoms with Crippen LogP contribution in [-0.4, -0.2) is 14.2 Å². The van der Waals surface area contributed by atoms with E-state index in [0.29, 0.717) is 18.0 Å². The standard InChI is InChI=1S/C15H15ClFNO2/c1-19-14-6-3-10(7-15(14)20-2)9-18-11-4-5-13(17)12(16)8-11/h3-8,18H,9H2,1-2H3. The molecular formula is C15H15ClFNO2. The van der Waals surface area contributed by atoms with Gasteiger partial charge in [0.15, 0.2) is 11.5 Å². The molecule has 0 heterocycles. The third-order valence-electron chi connectivity index (χ3n) is 2.86. The fourth-order valence-corrected chi connectivity index (χ4v) is 1.98. The van der Waals surface area contributed by atoms with Crippen LogP contribution < -0.4 is 14.8 Å². The van der Waals surface area contributed by atoms with E-state index in [0.717, 1.165) is 11.3 Å². The highest BCUT2D eigenvalue weighted by Gasteiger charge is 2.05. The van der Waals surface area contributed by atoms with Crippen molar-refractivity contribution in [3.63, 3.8) is 0 Å². The van der Waals surface area contributed by atoms with Gasteiger partial charge >= 0.3 is 0 Å². The number of halogens is 2. The van der Waals surface area contributed by atoms with Crippen LogP contribution in [0.3, 0.4) is 0 Å². The van der Waals surface area contributed by atoms with Crippen molar-refractivity contribution in [2.45, 2.75) is 6.54 Å². The molecule has 1 N–H and O–H groups in total. The molecule has 0 aliphatic carbocycles.